The fourth-order valence-electron chi connectivity index (χ4n) is 3.24. The van der Waals surface area contributed by atoms with E-state index in [0.717, 1.165) is 58.0 Å². The fraction of sp³-hybridized carbons (Fsp3) is 0.733. The van der Waals surface area contributed by atoms with Crippen LogP contribution in [0.25, 0.3) is 0 Å². The molecule has 22 heavy (non-hydrogen) atoms. The molecular formula is C15H25N5O2. The number of rotatable bonds is 3. The van der Waals surface area contributed by atoms with Crippen molar-refractivity contribution in [3.05, 3.63) is 12.4 Å². The summed E-state index contributed by atoms with van der Waals surface area (Å²) >= 11 is 0. The minimum absolute atomic E-state index is 0.0142. The number of carbonyl (C=O) groups is 1. The molecule has 1 aromatic rings. The van der Waals surface area contributed by atoms with Crippen LogP contribution in [0.15, 0.2) is 12.4 Å². The van der Waals surface area contributed by atoms with Crippen molar-refractivity contribution < 1.29 is 9.53 Å². The van der Waals surface area contributed by atoms with Crippen molar-refractivity contribution in [1.29, 1.82) is 0 Å². The quantitative estimate of drug-likeness (QED) is 0.905. The van der Waals surface area contributed by atoms with Crippen molar-refractivity contribution >= 4 is 11.7 Å². The molecule has 2 aliphatic heterocycles. The maximum absolute atomic E-state index is 12.4. The second-order valence-electron chi connectivity index (χ2n) is 6.20. The number of nitrogens with zero attached hydrogens (tertiary/aromatic N) is 4. The van der Waals surface area contributed by atoms with Crippen LogP contribution in [0.5, 0.6) is 0 Å². The van der Waals surface area contributed by atoms with E-state index in [9.17, 15) is 4.79 Å². The molecule has 7 nitrogen and oxygen atoms in total. The van der Waals surface area contributed by atoms with E-state index in [4.69, 9.17) is 4.74 Å². The van der Waals surface area contributed by atoms with Crippen LogP contribution in [-0.2, 0) is 11.8 Å². The molecule has 2 saturated heterocycles. The summed E-state index contributed by atoms with van der Waals surface area (Å²) in [6.45, 7) is 6.43. The number of likely N-dealkylation sites (tertiary alicyclic amines) is 1. The molecule has 3 heterocycles. The van der Waals surface area contributed by atoms with Crippen molar-refractivity contribution in [2.24, 2.45) is 13.0 Å². The average molecular weight is 307 g/mol. The number of nitrogens with one attached hydrogen (secondary N) is 1. The van der Waals surface area contributed by atoms with Gasteiger partial charge in [-0.15, -0.1) is 0 Å². The van der Waals surface area contributed by atoms with Crippen LogP contribution in [0.4, 0.5) is 10.5 Å². The van der Waals surface area contributed by atoms with E-state index >= 15 is 0 Å². The Morgan fingerprint density at radius 2 is 2.23 bits per heavy atom. The molecular weight excluding hydrogens is 282 g/mol. The zero-order chi connectivity index (χ0) is 15.4. The molecule has 0 unspecified atom stereocenters. The molecule has 1 aromatic heterocycles. The molecule has 1 N–H and O–H groups in total. The van der Waals surface area contributed by atoms with Crippen molar-refractivity contribution in [1.82, 2.24) is 19.6 Å². The predicted octanol–water partition coefficient (Wildman–Crippen LogP) is 0.996. The first-order chi connectivity index (χ1) is 10.7. The highest BCUT2D eigenvalue weighted by atomic mass is 16.5. The van der Waals surface area contributed by atoms with Gasteiger partial charge in [-0.1, -0.05) is 0 Å². The first kappa shape index (κ1) is 15.3. The Balaban J connectivity index is 1.49. The standard InChI is InChI=1S/C15H25N5O2/c1-18-12-14(9-16-18)17-15(21)20-4-2-3-13(11-20)10-19-5-7-22-8-6-19/h9,12-13H,2-8,10-11H2,1H3,(H,17,21)/t13-/m0/s1. The Morgan fingerprint density at radius 3 is 2.95 bits per heavy atom. The predicted molar refractivity (Wildman–Crippen MR) is 83.8 cm³/mol. The summed E-state index contributed by atoms with van der Waals surface area (Å²) in [7, 11) is 1.84. The van der Waals surface area contributed by atoms with Crippen LogP contribution in [0.1, 0.15) is 12.8 Å². The van der Waals surface area contributed by atoms with E-state index < -0.39 is 0 Å². The number of hydrogen-bond acceptors (Lipinski definition) is 4. The number of piperidine rings is 1. The molecule has 0 bridgehead atoms. The van der Waals surface area contributed by atoms with Crippen LogP contribution >= 0.6 is 0 Å². The monoisotopic (exact) mass is 307 g/mol. The van der Waals surface area contributed by atoms with Crippen molar-refractivity contribution in [2.75, 3.05) is 51.3 Å². The van der Waals surface area contributed by atoms with Crippen molar-refractivity contribution in [3.8, 4) is 0 Å². The van der Waals surface area contributed by atoms with Gasteiger partial charge in [0, 0.05) is 46.0 Å². The Kier molecular flexibility index (Phi) is 4.94. The largest absolute Gasteiger partial charge is 0.379 e. The zero-order valence-electron chi connectivity index (χ0n) is 13.2. The molecule has 2 amide bonds. The summed E-state index contributed by atoms with van der Waals surface area (Å²) in [5.41, 5.74) is 0.753. The smallest absolute Gasteiger partial charge is 0.321 e. The molecule has 0 radical (unpaired) electrons. The summed E-state index contributed by atoms with van der Waals surface area (Å²) in [6, 6.07) is -0.0142. The molecule has 2 aliphatic rings. The minimum atomic E-state index is -0.0142. The Bertz CT molecular complexity index is 498. The molecule has 2 fully saturated rings. The SMILES string of the molecule is Cn1cc(NC(=O)N2CCC[C@@H](CN3CCOCC3)C2)cn1. The number of carbonyl (C=O) groups excluding carboxylic acids is 1. The van der Waals surface area contributed by atoms with Gasteiger partial charge in [-0.2, -0.15) is 5.10 Å². The molecule has 7 heteroatoms. The molecule has 3 rings (SSSR count). The van der Waals surface area contributed by atoms with Gasteiger partial charge in [0.25, 0.3) is 0 Å². The molecule has 1 atom stereocenters. The van der Waals surface area contributed by atoms with Gasteiger partial charge in [-0.3, -0.25) is 9.58 Å². The first-order valence-corrected chi connectivity index (χ1v) is 8.05. The van der Waals surface area contributed by atoms with E-state index in [0.29, 0.717) is 5.92 Å². The third-order valence-electron chi connectivity index (χ3n) is 4.38. The number of ether oxygens (including phenoxy) is 1. The van der Waals surface area contributed by atoms with Gasteiger partial charge in [-0.25, -0.2) is 4.79 Å². The molecule has 0 saturated carbocycles. The summed E-state index contributed by atoms with van der Waals surface area (Å²) in [5.74, 6) is 0.562. The zero-order valence-corrected chi connectivity index (χ0v) is 13.2. The van der Waals surface area contributed by atoms with E-state index in [-0.39, 0.29) is 6.03 Å². The number of urea groups is 1. The molecule has 0 aromatic carbocycles. The van der Waals surface area contributed by atoms with Crippen LogP contribution in [0, 0.1) is 5.92 Å². The van der Waals surface area contributed by atoms with Crippen LogP contribution in [0.3, 0.4) is 0 Å². The first-order valence-electron chi connectivity index (χ1n) is 8.05. The van der Waals surface area contributed by atoms with Crippen molar-refractivity contribution in [3.63, 3.8) is 0 Å². The maximum Gasteiger partial charge on any atom is 0.321 e. The second kappa shape index (κ2) is 7.11. The lowest BCUT2D eigenvalue weighted by Crippen LogP contribution is -2.47. The van der Waals surface area contributed by atoms with E-state index in [1.54, 1.807) is 10.9 Å². The molecule has 0 spiro atoms. The summed E-state index contributed by atoms with van der Waals surface area (Å²) < 4.78 is 7.08. The Hall–Kier alpha value is -1.60. The van der Waals surface area contributed by atoms with Gasteiger partial charge < -0.3 is 15.0 Å². The number of aryl methyl sites for hydroxylation is 1. The number of anilines is 1. The van der Waals surface area contributed by atoms with E-state index in [1.807, 2.05) is 18.1 Å². The van der Waals surface area contributed by atoms with Crippen LogP contribution in [-0.4, -0.2) is 71.5 Å². The van der Waals surface area contributed by atoms with E-state index in [1.165, 1.54) is 6.42 Å². The summed E-state index contributed by atoms with van der Waals surface area (Å²) in [6.07, 6.45) is 5.77. The number of amides is 2. The minimum Gasteiger partial charge on any atom is -0.379 e. The lowest BCUT2D eigenvalue weighted by atomic mass is 9.97. The van der Waals surface area contributed by atoms with Crippen LogP contribution in [0.2, 0.25) is 0 Å². The summed E-state index contributed by atoms with van der Waals surface area (Å²) in [5, 5.41) is 7.00. The van der Waals surface area contributed by atoms with Gasteiger partial charge >= 0.3 is 6.03 Å². The maximum atomic E-state index is 12.4. The highest BCUT2D eigenvalue weighted by Gasteiger charge is 2.26. The normalized spacial score (nSPS) is 23.5. The van der Waals surface area contributed by atoms with Crippen molar-refractivity contribution in [2.45, 2.75) is 12.8 Å². The topological polar surface area (TPSA) is 62.6 Å². The van der Waals surface area contributed by atoms with E-state index in [2.05, 4.69) is 15.3 Å². The highest BCUT2D eigenvalue weighted by molar-refractivity contribution is 5.89. The third-order valence-corrected chi connectivity index (χ3v) is 4.38. The van der Waals surface area contributed by atoms with Gasteiger partial charge in [0.15, 0.2) is 0 Å². The Labute approximate surface area is 131 Å². The fourth-order valence-corrected chi connectivity index (χ4v) is 3.24. The average Bonchev–Trinajstić information content (AvgIpc) is 2.93. The highest BCUT2D eigenvalue weighted by Crippen LogP contribution is 2.19. The lowest BCUT2D eigenvalue weighted by molar-refractivity contribution is 0.0252. The summed E-state index contributed by atoms with van der Waals surface area (Å²) in [4.78, 5) is 16.7. The van der Waals surface area contributed by atoms with Gasteiger partial charge in [-0.05, 0) is 18.8 Å². The number of morpholine rings is 1. The molecule has 122 valence electrons. The third kappa shape index (κ3) is 3.98. The van der Waals surface area contributed by atoms with Gasteiger partial charge in [0.2, 0.25) is 0 Å². The lowest BCUT2D eigenvalue weighted by Gasteiger charge is -2.36. The van der Waals surface area contributed by atoms with Crippen LogP contribution < -0.4 is 5.32 Å². The molecule has 0 aliphatic carbocycles. The number of aromatic nitrogens is 2. The second-order valence-corrected chi connectivity index (χ2v) is 6.20. The van der Waals surface area contributed by atoms with Gasteiger partial charge in [0.1, 0.15) is 0 Å². The number of hydrogen-bond donors (Lipinski definition) is 1. The van der Waals surface area contributed by atoms with Gasteiger partial charge in [0.05, 0.1) is 25.1 Å². The Morgan fingerprint density at radius 1 is 1.41 bits per heavy atom.